The van der Waals surface area contributed by atoms with E-state index in [2.05, 4.69) is 5.10 Å². The van der Waals surface area contributed by atoms with Gasteiger partial charge < -0.3 is 9.52 Å². The molecule has 2 aromatic heterocycles. The summed E-state index contributed by atoms with van der Waals surface area (Å²) in [5.74, 6) is -1.33. The molecule has 0 amide bonds. The largest absolute Gasteiger partial charge is 0.475 e. The van der Waals surface area contributed by atoms with Crippen molar-refractivity contribution in [1.29, 1.82) is 0 Å². The van der Waals surface area contributed by atoms with Gasteiger partial charge in [-0.3, -0.25) is 14.8 Å². The number of hydrogen-bond donors (Lipinski definition) is 1. The van der Waals surface area contributed by atoms with E-state index in [-0.39, 0.29) is 18.0 Å². The molecule has 0 atom stereocenters. The number of hydrogen-bond acceptors (Lipinski definition) is 5. The SMILES string of the molecule is O=C(O)c1occc1Cn1ncc2ccc([N+](=O)[O-])cc21. The highest BCUT2D eigenvalue weighted by Gasteiger charge is 2.16. The van der Waals surface area contributed by atoms with Gasteiger partial charge in [-0.15, -0.1) is 0 Å². The Morgan fingerprint density at radius 2 is 2.24 bits per heavy atom. The fourth-order valence-corrected chi connectivity index (χ4v) is 2.11. The van der Waals surface area contributed by atoms with E-state index in [0.29, 0.717) is 11.1 Å². The smallest absolute Gasteiger partial charge is 0.372 e. The lowest BCUT2D eigenvalue weighted by Crippen LogP contribution is -2.06. The highest BCUT2D eigenvalue weighted by Crippen LogP contribution is 2.22. The average molecular weight is 287 g/mol. The fraction of sp³-hybridized carbons (Fsp3) is 0.0769. The quantitative estimate of drug-likeness (QED) is 0.582. The molecular weight excluding hydrogens is 278 g/mol. The fourth-order valence-electron chi connectivity index (χ4n) is 2.11. The summed E-state index contributed by atoms with van der Waals surface area (Å²) in [7, 11) is 0. The van der Waals surface area contributed by atoms with Crippen molar-refractivity contribution in [3.05, 3.63) is 58.2 Å². The second-order valence-corrected chi connectivity index (χ2v) is 4.38. The molecule has 8 heteroatoms. The molecule has 3 rings (SSSR count). The van der Waals surface area contributed by atoms with Crippen LogP contribution in [0.1, 0.15) is 16.1 Å². The number of fused-ring (bicyclic) bond motifs is 1. The second-order valence-electron chi connectivity index (χ2n) is 4.38. The van der Waals surface area contributed by atoms with Gasteiger partial charge in [0.25, 0.3) is 5.69 Å². The van der Waals surface area contributed by atoms with Gasteiger partial charge in [-0.05, 0) is 12.1 Å². The Bertz CT molecular complexity index is 848. The van der Waals surface area contributed by atoms with E-state index < -0.39 is 10.9 Å². The second kappa shape index (κ2) is 4.75. The van der Waals surface area contributed by atoms with Crippen molar-refractivity contribution in [2.75, 3.05) is 0 Å². The average Bonchev–Trinajstić information content (AvgIpc) is 3.06. The summed E-state index contributed by atoms with van der Waals surface area (Å²) in [5, 5.41) is 24.7. The van der Waals surface area contributed by atoms with Gasteiger partial charge in [0, 0.05) is 23.1 Å². The first kappa shape index (κ1) is 12.9. The molecule has 0 saturated carbocycles. The molecule has 0 fully saturated rings. The summed E-state index contributed by atoms with van der Waals surface area (Å²) in [6.07, 6.45) is 2.85. The topological polar surface area (TPSA) is 111 Å². The van der Waals surface area contributed by atoms with E-state index in [1.54, 1.807) is 12.3 Å². The highest BCUT2D eigenvalue weighted by atomic mass is 16.6. The summed E-state index contributed by atoms with van der Waals surface area (Å²) in [6.45, 7) is 0.156. The van der Waals surface area contributed by atoms with Crippen molar-refractivity contribution in [2.24, 2.45) is 0 Å². The number of non-ortho nitro benzene ring substituents is 1. The molecule has 3 aromatic rings. The zero-order valence-electron chi connectivity index (χ0n) is 10.6. The first-order valence-electron chi connectivity index (χ1n) is 5.96. The Balaban J connectivity index is 2.04. The van der Waals surface area contributed by atoms with Crippen molar-refractivity contribution in [3.63, 3.8) is 0 Å². The summed E-state index contributed by atoms with van der Waals surface area (Å²) >= 11 is 0. The van der Waals surface area contributed by atoms with Crippen molar-refractivity contribution in [3.8, 4) is 0 Å². The minimum absolute atomic E-state index is 0.0464. The van der Waals surface area contributed by atoms with E-state index in [0.717, 1.165) is 5.39 Å². The molecule has 8 nitrogen and oxygen atoms in total. The Morgan fingerprint density at radius 1 is 1.43 bits per heavy atom. The van der Waals surface area contributed by atoms with E-state index in [1.807, 2.05) is 0 Å². The van der Waals surface area contributed by atoms with Crippen LogP contribution in [0.15, 0.2) is 41.1 Å². The number of carbonyl (C=O) groups is 1. The number of nitro groups is 1. The van der Waals surface area contributed by atoms with Gasteiger partial charge in [-0.1, -0.05) is 0 Å². The molecule has 0 aliphatic heterocycles. The van der Waals surface area contributed by atoms with Crippen LogP contribution in [-0.2, 0) is 6.54 Å². The lowest BCUT2D eigenvalue weighted by molar-refractivity contribution is -0.384. The van der Waals surface area contributed by atoms with Crippen molar-refractivity contribution in [1.82, 2.24) is 9.78 Å². The van der Waals surface area contributed by atoms with Gasteiger partial charge in [0.1, 0.15) is 0 Å². The van der Waals surface area contributed by atoms with Gasteiger partial charge in [0.2, 0.25) is 5.76 Å². The molecule has 1 N–H and O–H groups in total. The number of carboxylic acids is 1. The maximum Gasteiger partial charge on any atom is 0.372 e. The van der Waals surface area contributed by atoms with Crippen LogP contribution in [0.25, 0.3) is 10.9 Å². The number of nitrogens with zero attached hydrogens (tertiary/aromatic N) is 3. The molecule has 0 bridgehead atoms. The predicted molar refractivity (Wildman–Crippen MR) is 71.2 cm³/mol. The maximum absolute atomic E-state index is 11.0. The first-order chi connectivity index (χ1) is 10.1. The molecule has 0 aliphatic carbocycles. The third-order valence-corrected chi connectivity index (χ3v) is 3.10. The normalized spacial score (nSPS) is 10.9. The standard InChI is InChI=1S/C13H9N3O5/c17-13(18)12-9(3-4-21-12)7-15-11-5-10(16(19)20)2-1-8(11)6-14-15/h1-6H,7H2,(H,17,18). The number of furan rings is 1. The van der Waals surface area contributed by atoms with Crippen molar-refractivity contribution < 1.29 is 19.2 Å². The van der Waals surface area contributed by atoms with Crippen molar-refractivity contribution in [2.45, 2.75) is 6.54 Å². The molecule has 0 saturated heterocycles. The molecule has 0 aliphatic rings. The van der Waals surface area contributed by atoms with Gasteiger partial charge in [0.15, 0.2) is 0 Å². The van der Waals surface area contributed by atoms with Crippen LogP contribution in [0.2, 0.25) is 0 Å². The highest BCUT2D eigenvalue weighted by molar-refractivity contribution is 5.86. The predicted octanol–water partition coefficient (Wildman–Crippen LogP) is 2.28. The van der Waals surface area contributed by atoms with Gasteiger partial charge in [0.05, 0.1) is 29.4 Å². The number of benzene rings is 1. The Labute approximate surface area is 117 Å². The third-order valence-electron chi connectivity index (χ3n) is 3.10. The van der Waals surface area contributed by atoms with Crippen LogP contribution in [0.3, 0.4) is 0 Å². The minimum atomic E-state index is -1.17. The number of rotatable bonds is 4. The Kier molecular flexibility index (Phi) is 2.90. The maximum atomic E-state index is 11.0. The summed E-state index contributed by atoms with van der Waals surface area (Å²) < 4.78 is 6.40. The number of carboxylic acid groups (broad SMARTS) is 1. The first-order valence-corrected chi connectivity index (χ1v) is 5.96. The van der Waals surface area contributed by atoms with Crippen LogP contribution in [-0.4, -0.2) is 25.8 Å². The van der Waals surface area contributed by atoms with Gasteiger partial charge in [-0.2, -0.15) is 5.10 Å². The molecule has 1 aromatic carbocycles. The molecule has 21 heavy (non-hydrogen) atoms. The Morgan fingerprint density at radius 3 is 2.95 bits per heavy atom. The lowest BCUT2D eigenvalue weighted by atomic mass is 10.2. The third kappa shape index (κ3) is 2.22. The molecule has 106 valence electrons. The van der Waals surface area contributed by atoms with Crippen LogP contribution < -0.4 is 0 Å². The van der Waals surface area contributed by atoms with E-state index in [1.165, 1.54) is 29.1 Å². The van der Waals surface area contributed by atoms with Crippen molar-refractivity contribution >= 4 is 22.6 Å². The van der Waals surface area contributed by atoms with E-state index in [9.17, 15) is 14.9 Å². The number of aromatic carboxylic acids is 1. The van der Waals surface area contributed by atoms with Crippen LogP contribution >= 0.6 is 0 Å². The number of aromatic nitrogens is 2. The zero-order valence-corrected chi connectivity index (χ0v) is 10.6. The van der Waals surface area contributed by atoms with Crippen LogP contribution in [0.4, 0.5) is 5.69 Å². The minimum Gasteiger partial charge on any atom is -0.475 e. The van der Waals surface area contributed by atoms with Gasteiger partial charge in [-0.25, -0.2) is 4.79 Å². The van der Waals surface area contributed by atoms with Gasteiger partial charge >= 0.3 is 5.97 Å². The molecule has 0 unspecified atom stereocenters. The summed E-state index contributed by atoms with van der Waals surface area (Å²) in [6, 6.07) is 5.94. The van der Waals surface area contributed by atoms with Crippen LogP contribution in [0.5, 0.6) is 0 Å². The summed E-state index contributed by atoms with van der Waals surface area (Å²) in [5.41, 5.74) is 0.954. The molecule has 0 spiro atoms. The molecule has 0 radical (unpaired) electrons. The zero-order chi connectivity index (χ0) is 15.0. The monoisotopic (exact) mass is 287 g/mol. The molecule has 2 heterocycles. The Hall–Kier alpha value is -3.16. The molecular formula is C13H9N3O5. The van der Waals surface area contributed by atoms with E-state index >= 15 is 0 Å². The summed E-state index contributed by atoms with van der Waals surface area (Å²) in [4.78, 5) is 21.3. The lowest BCUT2D eigenvalue weighted by Gasteiger charge is -2.02. The number of nitro benzene ring substituents is 1. The van der Waals surface area contributed by atoms with Crippen LogP contribution in [0, 0.1) is 10.1 Å². The van der Waals surface area contributed by atoms with E-state index in [4.69, 9.17) is 9.52 Å².